The number of aromatic nitrogens is 1. The van der Waals surface area contributed by atoms with Crippen LogP contribution in [0.5, 0.6) is 0 Å². The largest absolute Gasteiger partial charge is 0.350 e. The number of amides is 2. The van der Waals surface area contributed by atoms with Crippen molar-refractivity contribution in [1.29, 1.82) is 0 Å². The molecule has 1 atom stereocenters. The summed E-state index contributed by atoms with van der Waals surface area (Å²) in [6, 6.07) is 19.4. The first-order chi connectivity index (χ1) is 18.3. The second-order valence-electron chi connectivity index (χ2n) is 9.52. The quantitative estimate of drug-likeness (QED) is 0.406. The number of rotatable bonds is 11. The number of sulfonamides is 1. The Hall–Kier alpha value is -3.56. The molecule has 0 saturated carbocycles. The van der Waals surface area contributed by atoms with Gasteiger partial charge in [-0.05, 0) is 61.1 Å². The third kappa shape index (κ3) is 7.05. The summed E-state index contributed by atoms with van der Waals surface area (Å²) < 4.78 is 27.1. The Morgan fingerprint density at radius 3 is 2.29 bits per heavy atom. The molecule has 2 amide bonds. The third-order valence-corrected chi connectivity index (χ3v) is 8.72. The molecule has 1 fully saturated rings. The Morgan fingerprint density at radius 2 is 1.63 bits per heavy atom. The third-order valence-electron chi connectivity index (χ3n) is 6.81. The maximum Gasteiger partial charge on any atom is 0.243 e. The van der Waals surface area contributed by atoms with Crippen LogP contribution in [0.1, 0.15) is 42.9 Å². The van der Waals surface area contributed by atoms with Crippen LogP contribution in [0, 0.1) is 0 Å². The number of carbonyl (C=O) groups is 2. The summed E-state index contributed by atoms with van der Waals surface area (Å²) in [5, 5.41) is 2.90. The summed E-state index contributed by atoms with van der Waals surface area (Å²) >= 11 is 0. The smallest absolute Gasteiger partial charge is 0.243 e. The average Bonchev–Trinajstić information content (AvgIpc) is 3.51. The van der Waals surface area contributed by atoms with E-state index in [1.165, 1.54) is 4.31 Å². The number of hydrogen-bond donors (Lipinski definition) is 1. The molecule has 1 aliphatic rings. The Balaban J connectivity index is 1.40. The average molecular weight is 535 g/mol. The molecule has 2 heterocycles. The Bertz CT molecular complexity index is 1310. The highest BCUT2D eigenvalue weighted by Crippen LogP contribution is 2.22. The fourth-order valence-corrected chi connectivity index (χ4v) is 6.02. The van der Waals surface area contributed by atoms with E-state index in [2.05, 4.69) is 10.3 Å². The van der Waals surface area contributed by atoms with Gasteiger partial charge in [-0.15, -0.1) is 0 Å². The lowest BCUT2D eigenvalue weighted by Gasteiger charge is -2.29. The Labute approximate surface area is 224 Å². The minimum Gasteiger partial charge on any atom is -0.350 e. The van der Waals surface area contributed by atoms with Crippen LogP contribution in [0.15, 0.2) is 84.0 Å². The summed E-state index contributed by atoms with van der Waals surface area (Å²) in [7, 11) is -3.47. The number of carbonyl (C=O) groups excluding carboxylic acids is 2. The molecule has 0 aliphatic carbocycles. The number of benzene rings is 2. The Morgan fingerprint density at radius 1 is 0.947 bits per heavy atom. The molecular weight excluding hydrogens is 500 g/mol. The second-order valence-corrected chi connectivity index (χ2v) is 11.5. The van der Waals surface area contributed by atoms with E-state index in [-0.39, 0.29) is 23.1 Å². The van der Waals surface area contributed by atoms with Crippen LogP contribution in [-0.4, -0.2) is 53.6 Å². The topological polar surface area (TPSA) is 99.7 Å². The zero-order valence-electron chi connectivity index (χ0n) is 21.6. The Kier molecular flexibility index (Phi) is 9.25. The van der Waals surface area contributed by atoms with Gasteiger partial charge in [0.05, 0.1) is 4.90 Å². The van der Waals surface area contributed by atoms with Crippen LogP contribution < -0.4 is 5.32 Å². The molecule has 38 heavy (non-hydrogen) atoms. The number of nitrogens with zero attached hydrogens (tertiary/aromatic N) is 3. The SMILES string of the molecule is CC(C(=O)NCc1cccnc1)N(Cc1ccccc1)C(=O)CCc1ccc(S(=O)(=O)N2CCCC2)cc1. The second kappa shape index (κ2) is 12.8. The highest BCUT2D eigenvalue weighted by molar-refractivity contribution is 7.89. The van der Waals surface area contributed by atoms with Crippen molar-refractivity contribution in [3.8, 4) is 0 Å². The highest BCUT2D eigenvalue weighted by Gasteiger charge is 2.28. The molecule has 0 bridgehead atoms. The van der Waals surface area contributed by atoms with Crippen LogP contribution in [-0.2, 0) is 39.1 Å². The van der Waals surface area contributed by atoms with E-state index < -0.39 is 16.1 Å². The van der Waals surface area contributed by atoms with Crippen molar-refractivity contribution >= 4 is 21.8 Å². The van der Waals surface area contributed by atoms with Crippen LogP contribution in [0.3, 0.4) is 0 Å². The molecule has 0 spiro atoms. The van der Waals surface area contributed by atoms with Gasteiger partial charge in [-0.25, -0.2) is 8.42 Å². The van der Waals surface area contributed by atoms with Gasteiger partial charge >= 0.3 is 0 Å². The normalized spacial score (nSPS) is 14.7. The number of pyridine rings is 1. The van der Waals surface area contributed by atoms with E-state index >= 15 is 0 Å². The van der Waals surface area contributed by atoms with Crippen molar-refractivity contribution in [2.24, 2.45) is 0 Å². The predicted octanol–water partition coefficient (Wildman–Crippen LogP) is 3.53. The number of aryl methyl sites for hydroxylation is 1. The first-order valence-corrected chi connectivity index (χ1v) is 14.4. The van der Waals surface area contributed by atoms with E-state index in [0.717, 1.165) is 29.5 Å². The van der Waals surface area contributed by atoms with E-state index in [4.69, 9.17) is 0 Å². The maximum absolute atomic E-state index is 13.4. The zero-order valence-corrected chi connectivity index (χ0v) is 22.4. The highest BCUT2D eigenvalue weighted by atomic mass is 32.2. The van der Waals surface area contributed by atoms with Gasteiger partial charge in [-0.1, -0.05) is 48.5 Å². The predicted molar refractivity (Wildman–Crippen MR) is 145 cm³/mol. The minimum atomic E-state index is -3.47. The van der Waals surface area contributed by atoms with Crippen molar-refractivity contribution in [3.63, 3.8) is 0 Å². The van der Waals surface area contributed by atoms with E-state index in [1.807, 2.05) is 42.5 Å². The lowest BCUT2D eigenvalue weighted by Crippen LogP contribution is -2.47. The summed E-state index contributed by atoms with van der Waals surface area (Å²) in [5.74, 6) is -0.388. The molecule has 9 heteroatoms. The van der Waals surface area contributed by atoms with E-state index in [9.17, 15) is 18.0 Å². The van der Waals surface area contributed by atoms with E-state index in [1.54, 1.807) is 48.5 Å². The summed E-state index contributed by atoms with van der Waals surface area (Å²) in [4.78, 5) is 32.3. The molecule has 1 unspecified atom stereocenters. The van der Waals surface area contributed by atoms with Gasteiger partial charge in [0.1, 0.15) is 6.04 Å². The molecule has 3 aromatic rings. The number of nitrogens with one attached hydrogen (secondary N) is 1. The minimum absolute atomic E-state index is 0.147. The lowest BCUT2D eigenvalue weighted by atomic mass is 10.1. The molecule has 1 saturated heterocycles. The van der Waals surface area contributed by atoms with Crippen LogP contribution in [0.2, 0.25) is 0 Å². The molecular formula is C29H34N4O4S. The van der Waals surface area contributed by atoms with Crippen LogP contribution in [0.25, 0.3) is 0 Å². The van der Waals surface area contributed by atoms with Crippen LogP contribution >= 0.6 is 0 Å². The molecule has 1 aliphatic heterocycles. The first-order valence-electron chi connectivity index (χ1n) is 12.9. The van der Waals surface area contributed by atoms with Gasteiger partial charge in [0, 0.05) is 45.0 Å². The zero-order chi connectivity index (χ0) is 27.0. The first kappa shape index (κ1) is 27.5. The molecule has 2 aromatic carbocycles. The summed E-state index contributed by atoms with van der Waals surface area (Å²) in [6.07, 6.45) is 5.79. The fraction of sp³-hybridized carbons (Fsp3) is 0.345. The van der Waals surface area contributed by atoms with Gasteiger partial charge in [0.15, 0.2) is 0 Å². The van der Waals surface area contributed by atoms with Crippen molar-refractivity contribution < 1.29 is 18.0 Å². The fourth-order valence-electron chi connectivity index (χ4n) is 4.50. The molecule has 0 radical (unpaired) electrons. The van der Waals surface area contributed by atoms with Crippen LogP contribution in [0.4, 0.5) is 0 Å². The molecule has 200 valence electrons. The molecule has 1 N–H and O–H groups in total. The lowest BCUT2D eigenvalue weighted by molar-refractivity contribution is -0.140. The van der Waals surface area contributed by atoms with Crippen molar-refractivity contribution in [1.82, 2.24) is 19.5 Å². The summed E-state index contributed by atoms with van der Waals surface area (Å²) in [5.41, 5.74) is 2.68. The van der Waals surface area contributed by atoms with Crippen molar-refractivity contribution in [3.05, 3.63) is 95.8 Å². The van der Waals surface area contributed by atoms with E-state index in [0.29, 0.717) is 32.6 Å². The standard InChI is InChI=1S/C29H34N4O4S/c1-23(29(35)31-21-26-10-7-17-30-20-26)33(22-25-8-3-2-4-9-25)28(34)16-13-24-11-14-27(15-12-24)38(36,37)32-18-5-6-19-32/h2-4,7-12,14-15,17,20,23H,5-6,13,16,18-19,21-22H2,1H3,(H,31,35). The van der Waals surface area contributed by atoms with Gasteiger partial charge in [0.25, 0.3) is 0 Å². The van der Waals surface area contributed by atoms with Gasteiger partial charge in [-0.3, -0.25) is 14.6 Å². The monoisotopic (exact) mass is 534 g/mol. The molecule has 8 nitrogen and oxygen atoms in total. The summed E-state index contributed by atoms with van der Waals surface area (Å²) in [6.45, 7) is 3.50. The molecule has 4 rings (SSSR count). The van der Waals surface area contributed by atoms with Gasteiger partial charge < -0.3 is 10.2 Å². The molecule has 1 aromatic heterocycles. The maximum atomic E-state index is 13.4. The number of hydrogen-bond acceptors (Lipinski definition) is 5. The van der Waals surface area contributed by atoms with Crippen molar-refractivity contribution in [2.45, 2.75) is 56.6 Å². The van der Waals surface area contributed by atoms with Gasteiger partial charge in [0.2, 0.25) is 21.8 Å². The van der Waals surface area contributed by atoms with Gasteiger partial charge in [-0.2, -0.15) is 4.31 Å². The van der Waals surface area contributed by atoms with Crippen molar-refractivity contribution in [2.75, 3.05) is 13.1 Å².